The summed E-state index contributed by atoms with van der Waals surface area (Å²) in [6.07, 6.45) is 4.54. The van der Waals surface area contributed by atoms with Crippen LogP contribution < -0.4 is 4.90 Å². The molecule has 2 heteroatoms. The average Bonchev–Trinajstić information content (AvgIpc) is 2.84. The zero-order valence-electron chi connectivity index (χ0n) is 11.0. The number of benzene rings is 1. The maximum Gasteiger partial charge on any atom is 0.229 e. The molecule has 0 atom stereocenters. The molecular formula is C15H21NO. The van der Waals surface area contributed by atoms with Crippen molar-refractivity contribution in [3.63, 3.8) is 0 Å². The number of carbonyl (C=O) groups is 1. The molecule has 92 valence electrons. The fourth-order valence-corrected chi connectivity index (χ4v) is 2.65. The molecule has 1 fully saturated rings. The summed E-state index contributed by atoms with van der Waals surface area (Å²) in [5.41, 5.74) is 3.43. The maximum absolute atomic E-state index is 12.3. The van der Waals surface area contributed by atoms with Gasteiger partial charge >= 0.3 is 0 Å². The van der Waals surface area contributed by atoms with E-state index in [9.17, 15) is 4.79 Å². The molecule has 1 aromatic carbocycles. The normalized spacial score (nSPS) is 16.2. The zero-order valence-corrected chi connectivity index (χ0v) is 11.0. The quantitative estimate of drug-likeness (QED) is 0.763. The molecule has 0 heterocycles. The molecule has 1 amide bonds. The third-order valence-corrected chi connectivity index (χ3v) is 3.76. The van der Waals surface area contributed by atoms with E-state index in [1.165, 1.54) is 24.0 Å². The number of hydrogen-bond acceptors (Lipinski definition) is 1. The SMILES string of the molecule is Cc1ccc(C)c(N(C)C(=O)C2CCCC2)c1. The average molecular weight is 231 g/mol. The van der Waals surface area contributed by atoms with Gasteiger partial charge in [-0.05, 0) is 43.9 Å². The van der Waals surface area contributed by atoms with Gasteiger partial charge in [-0.3, -0.25) is 4.79 Å². The molecule has 0 spiro atoms. The molecule has 0 saturated heterocycles. The number of hydrogen-bond donors (Lipinski definition) is 0. The lowest BCUT2D eigenvalue weighted by atomic mass is 10.0. The van der Waals surface area contributed by atoms with Crippen LogP contribution in [0.1, 0.15) is 36.8 Å². The lowest BCUT2D eigenvalue weighted by molar-refractivity contribution is -0.121. The number of carbonyl (C=O) groups excluding carboxylic acids is 1. The first-order valence-electron chi connectivity index (χ1n) is 6.44. The zero-order chi connectivity index (χ0) is 12.4. The van der Waals surface area contributed by atoms with Crippen LogP contribution in [0.3, 0.4) is 0 Å². The van der Waals surface area contributed by atoms with Crippen molar-refractivity contribution in [2.75, 3.05) is 11.9 Å². The molecule has 1 aliphatic carbocycles. The van der Waals surface area contributed by atoms with Gasteiger partial charge in [0, 0.05) is 18.7 Å². The van der Waals surface area contributed by atoms with Crippen molar-refractivity contribution in [2.24, 2.45) is 5.92 Å². The molecule has 17 heavy (non-hydrogen) atoms. The van der Waals surface area contributed by atoms with Crippen LogP contribution >= 0.6 is 0 Å². The Morgan fingerprint density at radius 1 is 1.24 bits per heavy atom. The Kier molecular flexibility index (Phi) is 3.51. The van der Waals surface area contributed by atoms with Gasteiger partial charge in [-0.15, -0.1) is 0 Å². The summed E-state index contributed by atoms with van der Waals surface area (Å²) in [7, 11) is 1.91. The van der Waals surface area contributed by atoms with Crippen LogP contribution in [-0.4, -0.2) is 13.0 Å². The molecular weight excluding hydrogens is 210 g/mol. The van der Waals surface area contributed by atoms with E-state index in [4.69, 9.17) is 0 Å². The highest BCUT2D eigenvalue weighted by Crippen LogP contribution is 2.29. The predicted molar refractivity (Wildman–Crippen MR) is 71.3 cm³/mol. The first-order valence-corrected chi connectivity index (χ1v) is 6.44. The van der Waals surface area contributed by atoms with Gasteiger partial charge in [0.05, 0.1) is 0 Å². The molecule has 0 unspecified atom stereocenters. The smallest absolute Gasteiger partial charge is 0.229 e. The first-order chi connectivity index (χ1) is 8.09. The van der Waals surface area contributed by atoms with Gasteiger partial charge in [0.1, 0.15) is 0 Å². The minimum atomic E-state index is 0.250. The fourth-order valence-electron chi connectivity index (χ4n) is 2.65. The van der Waals surface area contributed by atoms with E-state index in [0.29, 0.717) is 0 Å². The van der Waals surface area contributed by atoms with Gasteiger partial charge in [0.2, 0.25) is 5.91 Å². The summed E-state index contributed by atoms with van der Waals surface area (Å²) in [4.78, 5) is 14.2. The fraction of sp³-hybridized carbons (Fsp3) is 0.533. The molecule has 0 aliphatic heterocycles. The van der Waals surface area contributed by atoms with Crippen molar-refractivity contribution in [1.29, 1.82) is 0 Å². The van der Waals surface area contributed by atoms with E-state index in [1.807, 2.05) is 11.9 Å². The Bertz CT molecular complexity index is 419. The van der Waals surface area contributed by atoms with Crippen molar-refractivity contribution in [1.82, 2.24) is 0 Å². The lowest BCUT2D eigenvalue weighted by Gasteiger charge is -2.23. The Morgan fingerprint density at radius 3 is 2.53 bits per heavy atom. The van der Waals surface area contributed by atoms with Crippen LogP contribution in [-0.2, 0) is 4.79 Å². The third-order valence-electron chi connectivity index (χ3n) is 3.76. The molecule has 0 N–H and O–H groups in total. The van der Waals surface area contributed by atoms with Gasteiger partial charge in [-0.25, -0.2) is 0 Å². The summed E-state index contributed by atoms with van der Waals surface area (Å²) in [5, 5.41) is 0. The van der Waals surface area contributed by atoms with E-state index >= 15 is 0 Å². The number of aryl methyl sites for hydroxylation is 2. The van der Waals surface area contributed by atoms with Crippen molar-refractivity contribution < 1.29 is 4.79 Å². The molecule has 2 rings (SSSR count). The van der Waals surface area contributed by atoms with E-state index in [-0.39, 0.29) is 11.8 Å². The van der Waals surface area contributed by atoms with Crippen LogP contribution in [0.4, 0.5) is 5.69 Å². The van der Waals surface area contributed by atoms with Crippen LogP contribution in [0.5, 0.6) is 0 Å². The molecule has 2 nitrogen and oxygen atoms in total. The third kappa shape index (κ3) is 2.51. The van der Waals surface area contributed by atoms with Crippen molar-refractivity contribution in [3.8, 4) is 0 Å². The minimum Gasteiger partial charge on any atom is -0.315 e. The van der Waals surface area contributed by atoms with Crippen LogP contribution in [0.2, 0.25) is 0 Å². The van der Waals surface area contributed by atoms with Crippen molar-refractivity contribution >= 4 is 11.6 Å². The van der Waals surface area contributed by atoms with Gasteiger partial charge in [-0.2, -0.15) is 0 Å². The molecule has 0 bridgehead atoms. The topological polar surface area (TPSA) is 20.3 Å². The summed E-state index contributed by atoms with van der Waals surface area (Å²) in [6, 6.07) is 6.28. The largest absolute Gasteiger partial charge is 0.315 e. The Balaban J connectivity index is 2.20. The summed E-state index contributed by atoms with van der Waals surface area (Å²) >= 11 is 0. The van der Waals surface area contributed by atoms with Crippen molar-refractivity contribution in [2.45, 2.75) is 39.5 Å². The van der Waals surface area contributed by atoms with Crippen LogP contribution in [0.15, 0.2) is 18.2 Å². The van der Waals surface area contributed by atoms with E-state index in [0.717, 1.165) is 18.5 Å². The van der Waals surface area contributed by atoms with Crippen LogP contribution in [0, 0.1) is 19.8 Å². The van der Waals surface area contributed by atoms with Gasteiger partial charge in [0.15, 0.2) is 0 Å². The molecule has 0 radical (unpaired) electrons. The Morgan fingerprint density at radius 2 is 1.88 bits per heavy atom. The second-order valence-electron chi connectivity index (χ2n) is 5.17. The van der Waals surface area contributed by atoms with Gasteiger partial charge in [-0.1, -0.05) is 25.0 Å². The predicted octanol–water partition coefficient (Wildman–Crippen LogP) is 3.46. The lowest BCUT2D eigenvalue weighted by Crippen LogP contribution is -2.32. The summed E-state index contributed by atoms with van der Waals surface area (Å²) in [5.74, 6) is 0.538. The van der Waals surface area contributed by atoms with Crippen LogP contribution in [0.25, 0.3) is 0 Å². The second-order valence-corrected chi connectivity index (χ2v) is 5.17. The maximum atomic E-state index is 12.3. The Labute approximate surface area is 104 Å². The standard InChI is InChI=1S/C15H21NO/c1-11-8-9-12(2)14(10-11)16(3)15(17)13-6-4-5-7-13/h8-10,13H,4-7H2,1-3H3. The number of nitrogens with zero attached hydrogens (tertiary/aromatic N) is 1. The van der Waals surface area contributed by atoms with Gasteiger partial charge < -0.3 is 4.90 Å². The van der Waals surface area contributed by atoms with E-state index in [1.54, 1.807) is 0 Å². The summed E-state index contributed by atoms with van der Waals surface area (Å²) < 4.78 is 0. The van der Waals surface area contributed by atoms with Gasteiger partial charge in [0.25, 0.3) is 0 Å². The highest BCUT2D eigenvalue weighted by Gasteiger charge is 2.26. The molecule has 1 saturated carbocycles. The number of anilines is 1. The molecule has 1 aromatic rings. The van der Waals surface area contributed by atoms with E-state index in [2.05, 4.69) is 32.0 Å². The Hall–Kier alpha value is -1.31. The monoisotopic (exact) mass is 231 g/mol. The van der Waals surface area contributed by atoms with Crippen molar-refractivity contribution in [3.05, 3.63) is 29.3 Å². The minimum absolute atomic E-state index is 0.250. The number of rotatable bonds is 2. The summed E-state index contributed by atoms with van der Waals surface area (Å²) in [6.45, 7) is 4.13. The highest BCUT2D eigenvalue weighted by molar-refractivity contribution is 5.95. The first kappa shape index (κ1) is 12.2. The molecule has 1 aliphatic rings. The highest BCUT2D eigenvalue weighted by atomic mass is 16.2. The molecule has 0 aromatic heterocycles. The number of amides is 1. The van der Waals surface area contributed by atoms with E-state index < -0.39 is 0 Å². The second kappa shape index (κ2) is 4.91.